The highest BCUT2D eigenvalue weighted by atomic mass is 32.2. The van der Waals surface area contributed by atoms with Crippen molar-refractivity contribution in [2.45, 2.75) is 43.9 Å². The number of nitrogens with zero attached hydrogens (tertiary/aromatic N) is 2. The Morgan fingerprint density at radius 2 is 2.20 bits per heavy atom. The smallest absolute Gasteiger partial charge is 0.225 e. The summed E-state index contributed by atoms with van der Waals surface area (Å²) < 4.78 is 0. The van der Waals surface area contributed by atoms with Crippen molar-refractivity contribution < 1.29 is 5.11 Å². The number of aromatic nitrogens is 2. The number of fused-ring (bicyclic) bond motifs is 1. The molecule has 0 amide bonds. The van der Waals surface area contributed by atoms with Gasteiger partial charge in [-0.3, -0.25) is 0 Å². The molecule has 2 aromatic rings. The Morgan fingerprint density at radius 3 is 2.85 bits per heavy atom. The quantitative estimate of drug-likeness (QED) is 0.605. The molecule has 20 heavy (non-hydrogen) atoms. The third-order valence-electron chi connectivity index (χ3n) is 2.94. The first kappa shape index (κ1) is 15.5. The lowest BCUT2D eigenvalue weighted by molar-refractivity contribution is 0.289. The third-order valence-corrected chi connectivity index (χ3v) is 5.29. The predicted octanol–water partition coefficient (Wildman–Crippen LogP) is 3.55. The van der Waals surface area contributed by atoms with Crippen LogP contribution in [0.3, 0.4) is 0 Å². The van der Waals surface area contributed by atoms with Gasteiger partial charge in [0.2, 0.25) is 5.95 Å². The van der Waals surface area contributed by atoms with Gasteiger partial charge in [-0.2, -0.15) is 0 Å². The fraction of sp³-hybridized carbons (Fsp3) is 0.571. The van der Waals surface area contributed by atoms with E-state index in [9.17, 15) is 0 Å². The number of aryl methyl sites for hydroxylation is 1. The molecule has 0 aromatic carbocycles. The first-order valence-electron chi connectivity index (χ1n) is 6.99. The van der Waals surface area contributed by atoms with Gasteiger partial charge in [-0.25, -0.2) is 9.97 Å². The number of aliphatic hydroxyl groups excluding tert-OH is 1. The molecule has 110 valence electrons. The lowest BCUT2D eigenvalue weighted by Crippen LogP contribution is -2.04. The van der Waals surface area contributed by atoms with Gasteiger partial charge in [-0.1, -0.05) is 13.8 Å². The third kappa shape index (κ3) is 3.62. The number of hydrogen-bond acceptors (Lipinski definition) is 6. The minimum atomic E-state index is 0.215. The fourth-order valence-electron chi connectivity index (χ4n) is 1.88. The number of anilines is 1. The highest BCUT2D eigenvalue weighted by Gasteiger charge is 2.14. The van der Waals surface area contributed by atoms with E-state index in [2.05, 4.69) is 35.2 Å². The van der Waals surface area contributed by atoms with Crippen LogP contribution in [0, 0.1) is 0 Å². The van der Waals surface area contributed by atoms with Gasteiger partial charge in [0, 0.05) is 28.7 Å². The molecule has 2 aromatic heterocycles. The van der Waals surface area contributed by atoms with Gasteiger partial charge in [-0.05, 0) is 25.8 Å². The van der Waals surface area contributed by atoms with Crippen molar-refractivity contribution in [1.29, 1.82) is 0 Å². The molecule has 0 saturated heterocycles. The summed E-state index contributed by atoms with van der Waals surface area (Å²) in [6.45, 7) is 7.35. The second-order valence-electron chi connectivity index (χ2n) is 4.61. The molecule has 0 aliphatic rings. The maximum absolute atomic E-state index is 9.05. The van der Waals surface area contributed by atoms with Crippen LogP contribution in [0.5, 0.6) is 0 Å². The van der Waals surface area contributed by atoms with Crippen LogP contribution in [0.2, 0.25) is 0 Å². The van der Waals surface area contributed by atoms with Gasteiger partial charge in [0.15, 0.2) is 0 Å². The average molecular weight is 311 g/mol. The second-order valence-corrected chi connectivity index (χ2v) is 7.15. The van der Waals surface area contributed by atoms with Crippen LogP contribution >= 0.6 is 23.1 Å². The highest BCUT2D eigenvalue weighted by molar-refractivity contribution is 8.00. The molecule has 1 atom stereocenters. The van der Waals surface area contributed by atoms with Crippen molar-refractivity contribution in [3.63, 3.8) is 0 Å². The summed E-state index contributed by atoms with van der Waals surface area (Å²) in [6, 6.07) is 2.20. The largest absolute Gasteiger partial charge is 0.396 e. The van der Waals surface area contributed by atoms with E-state index in [0.29, 0.717) is 11.2 Å². The number of thiophene rings is 1. The lowest BCUT2D eigenvalue weighted by Gasteiger charge is -2.10. The van der Waals surface area contributed by atoms with E-state index in [1.165, 1.54) is 4.88 Å². The van der Waals surface area contributed by atoms with Crippen LogP contribution in [0.1, 0.15) is 32.1 Å². The summed E-state index contributed by atoms with van der Waals surface area (Å²) in [5, 5.41) is 14.8. The minimum absolute atomic E-state index is 0.215. The molecule has 4 nitrogen and oxygen atoms in total. The van der Waals surface area contributed by atoms with E-state index in [1.54, 1.807) is 23.1 Å². The molecule has 2 rings (SSSR count). The summed E-state index contributed by atoms with van der Waals surface area (Å²) in [7, 11) is 0. The van der Waals surface area contributed by atoms with Crippen molar-refractivity contribution in [3.05, 3.63) is 10.9 Å². The Kier molecular flexibility index (Phi) is 5.63. The summed E-state index contributed by atoms with van der Waals surface area (Å²) in [4.78, 5) is 11.6. The van der Waals surface area contributed by atoms with Crippen LogP contribution < -0.4 is 5.32 Å². The zero-order valence-electron chi connectivity index (χ0n) is 12.1. The predicted molar refractivity (Wildman–Crippen MR) is 88.0 cm³/mol. The number of hydrogen-bond donors (Lipinski definition) is 2. The molecule has 0 aliphatic heterocycles. The van der Waals surface area contributed by atoms with Gasteiger partial charge >= 0.3 is 0 Å². The Bertz CT molecular complexity index is 571. The zero-order chi connectivity index (χ0) is 14.5. The molecule has 6 heteroatoms. The van der Waals surface area contributed by atoms with Crippen molar-refractivity contribution in [1.82, 2.24) is 9.97 Å². The Labute approximate surface area is 128 Å². The molecule has 1 unspecified atom stereocenters. The summed E-state index contributed by atoms with van der Waals surface area (Å²) in [6.07, 6.45) is 1.80. The van der Waals surface area contributed by atoms with E-state index >= 15 is 0 Å². The van der Waals surface area contributed by atoms with Crippen LogP contribution in [0.15, 0.2) is 11.1 Å². The van der Waals surface area contributed by atoms with Crippen molar-refractivity contribution >= 4 is 39.3 Å². The van der Waals surface area contributed by atoms with Crippen molar-refractivity contribution in [2.24, 2.45) is 0 Å². The van der Waals surface area contributed by atoms with Crippen molar-refractivity contribution in [2.75, 3.05) is 18.5 Å². The molecule has 0 bridgehead atoms. The number of nitrogens with one attached hydrogen (secondary N) is 1. The first-order valence-corrected chi connectivity index (χ1v) is 8.69. The Hall–Kier alpha value is -0.850. The number of aliphatic hydroxyl groups is 1. The molecule has 0 radical (unpaired) electrons. The molecule has 0 aliphatic carbocycles. The van der Waals surface area contributed by atoms with Crippen LogP contribution in [0.4, 0.5) is 5.95 Å². The SMILES string of the molecule is CCNc1nc(SC(C)CCO)c2cc(CC)sc2n1. The van der Waals surface area contributed by atoms with E-state index < -0.39 is 0 Å². The van der Waals surface area contributed by atoms with Crippen LogP contribution in [-0.4, -0.2) is 33.5 Å². The molecule has 0 saturated carbocycles. The number of rotatable bonds is 7. The number of thioether (sulfide) groups is 1. The molecule has 0 fully saturated rings. The van der Waals surface area contributed by atoms with E-state index in [4.69, 9.17) is 5.11 Å². The standard InChI is InChI=1S/C14H21N3OS2/c1-4-10-8-11-12(19-9(3)6-7-18)16-14(15-5-2)17-13(11)20-10/h8-9,18H,4-7H2,1-3H3,(H,15,16,17). The molecule has 2 N–H and O–H groups in total. The minimum Gasteiger partial charge on any atom is -0.396 e. The van der Waals surface area contributed by atoms with Crippen LogP contribution in [0.25, 0.3) is 10.2 Å². The van der Waals surface area contributed by atoms with E-state index in [-0.39, 0.29) is 6.61 Å². The lowest BCUT2D eigenvalue weighted by atomic mass is 10.3. The summed E-state index contributed by atoms with van der Waals surface area (Å²) in [5.41, 5.74) is 0. The van der Waals surface area contributed by atoms with E-state index in [1.807, 2.05) is 6.92 Å². The molecular weight excluding hydrogens is 290 g/mol. The summed E-state index contributed by atoms with van der Waals surface area (Å²) >= 11 is 3.46. The van der Waals surface area contributed by atoms with Gasteiger partial charge in [0.1, 0.15) is 9.86 Å². The Morgan fingerprint density at radius 1 is 1.40 bits per heavy atom. The molecule has 2 heterocycles. The zero-order valence-corrected chi connectivity index (χ0v) is 13.8. The highest BCUT2D eigenvalue weighted by Crippen LogP contribution is 2.35. The topological polar surface area (TPSA) is 58.0 Å². The van der Waals surface area contributed by atoms with Crippen molar-refractivity contribution in [3.8, 4) is 0 Å². The van der Waals surface area contributed by atoms with Gasteiger partial charge in [0.05, 0.1) is 0 Å². The second kappa shape index (κ2) is 7.24. The van der Waals surface area contributed by atoms with E-state index in [0.717, 1.165) is 34.6 Å². The monoisotopic (exact) mass is 311 g/mol. The first-order chi connectivity index (χ1) is 9.67. The fourth-order valence-corrected chi connectivity index (χ4v) is 3.94. The van der Waals surface area contributed by atoms with Crippen LogP contribution in [-0.2, 0) is 6.42 Å². The summed E-state index contributed by atoms with van der Waals surface area (Å²) in [5.74, 6) is 0.697. The maximum Gasteiger partial charge on any atom is 0.225 e. The average Bonchev–Trinajstić information content (AvgIpc) is 2.82. The molecule has 0 spiro atoms. The maximum atomic E-state index is 9.05. The van der Waals surface area contributed by atoms with Gasteiger partial charge in [0.25, 0.3) is 0 Å². The molecular formula is C14H21N3OS2. The normalized spacial score (nSPS) is 12.8. The Balaban J connectivity index is 2.39. The van der Waals surface area contributed by atoms with Gasteiger partial charge < -0.3 is 10.4 Å². The van der Waals surface area contributed by atoms with Gasteiger partial charge in [-0.15, -0.1) is 23.1 Å².